The van der Waals surface area contributed by atoms with E-state index in [0.29, 0.717) is 11.5 Å². The monoisotopic (exact) mass is 424 g/mol. The number of methoxy groups -OCH3 is 2. The number of rotatable bonds is 9. The van der Waals surface area contributed by atoms with Crippen molar-refractivity contribution in [3.8, 4) is 11.5 Å². The fraction of sp³-hybridized carbons (Fsp3) is 0.261. The van der Waals surface area contributed by atoms with Crippen molar-refractivity contribution in [1.29, 1.82) is 0 Å². The second kappa shape index (κ2) is 12.9. The second-order valence-corrected chi connectivity index (χ2v) is 6.58. The van der Waals surface area contributed by atoms with E-state index in [9.17, 15) is 4.79 Å². The van der Waals surface area contributed by atoms with Gasteiger partial charge in [-0.25, -0.2) is 0 Å². The first kappa shape index (κ1) is 23.8. The summed E-state index contributed by atoms with van der Waals surface area (Å²) in [5, 5.41) is 12.0. The molecule has 0 unspecified atom stereocenters. The van der Waals surface area contributed by atoms with Crippen LogP contribution in [0.4, 0.5) is 0 Å². The van der Waals surface area contributed by atoms with Crippen LogP contribution < -0.4 is 20.5 Å². The molecule has 2 heterocycles. The molecule has 0 aliphatic heterocycles. The van der Waals surface area contributed by atoms with Crippen molar-refractivity contribution in [3.63, 3.8) is 0 Å². The molecular formula is C23H28N4O4. The number of carbonyl (C=O) groups is 1. The van der Waals surface area contributed by atoms with E-state index in [1.165, 1.54) is 7.11 Å². The SMILES string of the molecule is COc1ccc(C[C@H](N)C(=O)O)cc1OC.c1ccc(CNCc2ccccn2)nc1. The van der Waals surface area contributed by atoms with Gasteiger partial charge in [-0.3, -0.25) is 14.8 Å². The minimum atomic E-state index is -1.02. The predicted molar refractivity (Wildman–Crippen MR) is 118 cm³/mol. The van der Waals surface area contributed by atoms with Gasteiger partial charge < -0.3 is 25.6 Å². The molecular weight excluding hydrogens is 396 g/mol. The van der Waals surface area contributed by atoms with Gasteiger partial charge in [0.1, 0.15) is 6.04 Å². The van der Waals surface area contributed by atoms with Crippen molar-refractivity contribution in [3.05, 3.63) is 83.9 Å². The van der Waals surface area contributed by atoms with E-state index >= 15 is 0 Å². The highest BCUT2D eigenvalue weighted by Crippen LogP contribution is 2.27. The summed E-state index contributed by atoms with van der Waals surface area (Å²) in [7, 11) is 3.07. The van der Waals surface area contributed by atoms with Crippen molar-refractivity contribution >= 4 is 5.97 Å². The van der Waals surface area contributed by atoms with Crippen molar-refractivity contribution < 1.29 is 19.4 Å². The number of aromatic nitrogens is 2. The lowest BCUT2D eigenvalue weighted by Gasteiger charge is -2.11. The number of hydrogen-bond acceptors (Lipinski definition) is 7. The Hall–Kier alpha value is -3.49. The maximum Gasteiger partial charge on any atom is 0.320 e. The number of hydrogen-bond donors (Lipinski definition) is 3. The molecule has 31 heavy (non-hydrogen) atoms. The third kappa shape index (κ3) is 8.41. The topological polar surface area (TPSA) is 120 Å². The van der Waals surface area contributed by atoms with Crippen LogP contribution in [0.15, 0.2) is 67.0 Å². The Kier molecular flexibility index (Phi) is 9.93. The maximum absolute atomic E-state index is 10.6. The Bertz CT molecular complexity index is 884. The lowest BCUT2D eigenvalue weighted by Crippen LogP contribution is -2.32. The van der Waals surface area contributed by atoms with Crippen LogP contribution >= 0.6 is 0 Å². The molecule has 8 heteroatoms. The maximum atomic E-state index is 10.6. The number of pyridine rings is 2. The Morgan fingerprint density at radius 1 is 0.968 bits per heavy atom. The van der Waals surface area contributed by atoms with Crippen LogP contribution in [0, 0.1) is 0 Å². The minimum absolute atomic E-state index is 0.260. The number of benzene rings is 1. The molecule has 1 aromatic carbocycles. The summed E-state index contributed by atoms with van der Waals surface area (Å²) >= 11 is 0. The lowest BCUT2D eigenvalue weighted by molar-refractivity contribution is -0.138. The fourth-order valence-corrected chi connectivity index (χ4v) is 2.67. The fourth-order valence-electron chi connectivity index (χ4n) is 2.67. The highest BCUT2D eigenvalue weighted by Gasteiger charge is 2.13. The lowest BCUT2D eigenvalue weighted by atomic mass is 10.1. The van der Waals surface area contributed by atoms with Gasteiger partial charge in [0.05, 0.1) is 25.6 Å². The first-order valence-electron chi connectivity index (χ1n) is 9.73. The minimum Gasteiger partial charge on any atom is -0.493 e. The predicted octanol–water partition coefficient (Wildman–Crippen LogP) is 2.42. The van der Waals surface area contributed by atoms with Crippen LogP contribution in [0.3, 0.4) is 0 Å². The molecule has 0 bridgehead atoms. The number of nitrogens with zero attached hydrogens (tertiary/aromatic N) is 2. The average molecular weight is 425 g/mol. The van der Waals surface area contributed by atoms with E-state index in [0.717, 1.165) is 30.0 Å². The van der Waals surface area contributed by atoms with Gasteiger partial charge in [0.2, 0.25) is 0 Å². The van der Waals surface area contributed by atoms with E-state index in [1.807, 2.05) is 36.4 Å². The summed E-state index contributed by atoms with van der Waals surface area (Å²) in [5.41, 5.74) is 8.34. The number of carboxylic acid groups (broad SMARTS) is 1. The summed E-state index contributed by atoms with van der Waals surface area (Å²) in [6.45, 7) is 1.55. The van der Waals surface area contributed by atoms with Gasteiger partial charge in [-0.1, -0.05) is 18.2 Å². The molecule has 0 saturated carbocycles. The molecule has 164 valence electrons. The van der Waals surface area contributed by atoms with Crippen LogP contribution in [-0.2, 0) is 24.3 Å². The second-order valence-electron chi connectivity index (χ2n) is 6.58. The first-order valence-corrected chi connectivity index (χ1v) is 9.73. The molecule has 2 aromatic heterocycles. The largest absolute Gasteiger partial charge is 0.493 e. The van der Waals surface area contributed by atoms with Crippen LogP contribution in [0.2, 0.25) is 0 Å². The Morgan fingerprint density at radius 2 is 1.55 bits per heavy atom. The molecule has 3 aromatic rings. The number of nitrogens with two attached hydrogens (primary N) is 1. The first-order chi connectivity index (χ1) is 15.0. The van der Waals surface area contributed by atoms with Crippen molar-refractivity contribution in [2.24, 2.45) is 5.73 Å². The number of nitrogens with one attached hydrogen (secondary N) is 1. The molecule has 0 radical (unpaired) electrons. The highest BCUT2D eigenvalue weighted by atomic mass is 16.5. The third-order valence-electron chi connectivity index (χ3n) is 4.29. The van der Waals surface area contributed by atoms with Gasteiger partial charge in [-0.15, -0.1) is 0 Å². The Balaban J connectivity index is 0.000000220. The van der Waals surface area contributed by atoms with E-state index in [4.69, 9.17) is 20.3 Å². The zero-order chi connectivity index (χ0) is 22.5. The molecule has 0 fully saturated rings. The summed E-state index contributed by atoms with van der Waals surface area (Å²) in [4.78, 5) is 19.1. The normalized spacial score (nSPS) is 11.1. The average Bonchev–Trinajstić information content (AvgIpc) is 2.80. The Labute approximate surface area is 182 Å². The standard InChI is InChI=1S/C12H13N3.C11H15NO4/c1-3-7-14-11(5-1)9-13-10-12-6-2-4-8-15-12;1-15-9-4-3-7(6-10(9)16-2)5-8(12)11(13)14/h1-8,13H,9-10H2;3-4,6,8H,5,12H2,1-2H3,(H,13,14)/t;8-/m.0/s1. The van der Waals surface area contributed by atoms with Crippen molar-refractivity contribution in [2.45, 2.75) is 25.6 Å². The molecule has 0 saturated heterocycles. The number of ether oxygens (including phenoxy) is 2. The van der Waals surface area contributed by atoms with Crippen LogP contribution in [0.5, 0.6) is 11.5 Å². The van der Waals surface area contributed by atoms with Crippen molar-refractivity contribution in [2.75, 3.05) is 14.2 Å². The Morgan fingerprint density at radius 3 is 2.00 bits per heavy atom. The zero-order valence-electron chi connectivity index (χ0n) is 17.7. The van der Waals surface area contributed by atoms with Crippen LogP contribution in [0.25, 0.3) is 0 Å². The molecule has 0 spiro atoms. The molecule has 0 aliphatic carbocycles. The van der Waals surface area contributed by atoms with Crippen molar-refractivity contribution in [1.82, 2.24) is 15.3 Å². The van der Waals surface area contributed by atoms with Gasteiger partial charge in [0.15, 0.2) is 11.5 Å². The molecule has 4 N–H and O–H groups in total. The summed E-state index contributed by atoms with van der Waals surface area (Å²) in [6.07, 6.45) is 3.87. The molecule has 1 atom stereocenters. The molecule has 0 amide bonds. The summed E-state index contributed by atoms with van der Waals surface area (Å²) in [5.74, 6) is 0.155. The van der Waals surface area contributed by atoms with Gasteiger partial charge in [0.25, 0.3) is 0 Å². The van der Waals surface area contributed by atoms with Gasteiger partial charge in [-0.2, -0.15) is 0 Å². The number of aliphatic carboxylic acids is 1. The van der Waals surface area contributed by atoms with E-state index in [-0.39, 0.29) is 6.42 Å². The van der Waals surface area contributed by atoms with Gasteiger partial charge in [-0.05, 0) is 48.4 Å². The van der Waals surface area contributed by atoms with Gasteiger partial charge >= 0.3 is 5.97 Å². The smallest absolute Gasteiger partial charge is 0.320 e. The summed E-state index contributed by atoms with van der Waals surface area (Å²) < 4.78 is 10.2. The van der Waals surface area contributed by atoms with E-state index in [1.54, 1.807) is 37.7 Å². The van der Waals surface area contributed by atoms with Gasteiger partial charge in [0, 0.05) is 25.5 Å². The summed E-state index contributed by atoms with van der Waals surface area (Å²) in [6, 6.07) is 16.1. The highest BCUT2D eigenvalue weighted by molar-refractivity contribution is 5.73. The quantitative estimate of drug-likeness (QED) is 0.479. The van der Waals surface area contributed by atoms with Crippen LogP contribution in [-0.4, -0.2) is 41.3 Å². The zero-order valence-corrected chi connectivity index (χ0v) is 17.7. The third-order valence-corrected chi connectivity index (χ3v) is 4.29. The molecule has 0 aliphatic rings. The molecule has 8 nitrogen and oxygen atoms in total. The molecule has 3 rings (SSSR count). The number of carboxylic acids is 1. The van der Waals surface area contributed by atoms with E-state index < -0.39 is 12.0 Å². The van der Waals surface area contributed by atoms with Crippen LogP contribution in [0.1, 0.15) is 17.0 Å². The van der Waals surface area contributed by atoms with E-state index in [2.05, 4.69) is 15.3 Å².